The first kappa shape index (κ1) is 13.0. The molecule has 0 spiro atoms. The Bertz CT molecular complexity index is 269. The third kappa shape index (κ3) is 4.64. The molecule has 1 N–H and O–H groups in total. The fourth-order valence-corrected chi connectivity index (χ4v) is 1.84. The number of rotatable bonds is 2. The summed E-state index contributed by atoms with van der Waals surface area (Å²) >= 11 is 0. The number of nitrogens with one attached hydrogen (secondary N) is 1. The van der Waals surface area contributed by atoms with Crippen molar-refractivity contribution in [2.45, 2.75) is 52.0 Å². The van der Waals surface area contributed by atoms with Crippen molar-refractivity contribution < 1.29 is 9.59 Å². The number of amides is 2. The summed E-state index contributed by atoms with van der Waals surface area (Å²) in [5.74, 6) is 0.0457. The Morgan fingerprint density at radius 3 is 2.62 bits per heavy atom. The molecule has 1 fully saturated rings. The van der Waals surface area contributed by atoms with Crippen LogP contribution in [0.4, 0.5) is 0 Å². The number of nitrogens with zero attached hydrogens (tertiary/aromatic N) is 1. The van der Waals surface area contributed by atoms with Crippen LogP contribution in [0.25, 0.3) is 0 Å². The van der Waals surface area contributed by atoms with E-state index in [1.807, 2.05) is 20.8 Å². The Kier molecular flexibility index (Phi) is 4.33. The number of hydrogen-bond acceptors (Lipinski definition) is 2. The molecular formula is C12H22N2O2. The van der Waals surface area contributed by atoms with Crippen LogP contribution in [-0.2, 0) is 9.59 Å². The van der Waals surface area contributed by atoms with Gasteiger partial charge in [0.05, 0.1) is 6.54 Å². The van der Waals surface area contributed by atoms with Gasteiger partial charge >= 0.3 is 0 Å². The number of carbonyl (C=O) groups is 2. The molecule has 4 nitrogen and oxygen atoms in total. The molecule has 0 bridgehead atoms. The van der Waals surface area contributed by atoms with Crippen LogP contribution < -0.4 is 5.32 Å². The highest BCUT2D eigenvalue weighted by Gasteiger charge is 2.21. The summed E-state index contributed by atoms with van der Waals surface area (Å²) in [6, 6.07) is 0. The smallest absolute Gasteiger partial charge is 0.240 e. The molecule has 0 unspecified atom stereocenters. The predicted molar refractivity (Wildman–Crippen MR) is 62.9 cm³/mol. The Hall–Kier alpha value is -1.06. The third-order valence-electron chi connectivity index (χ3n) is 2.52. The first-order chi connectivity index (χ1) is 7.38. The minimum Gasteiger partial charge on any atom is -0.350 e. The van der Waals surface area contributed by atoms with Crippen LogP contribution in [0.5, 0.6) is 0 Å². The molecule has 2 amide bonds. The molecule has 1 saturated heterocycles. The molecule has 0 radical (unpaired) electrons. The number of likely N-dealkylation sites (tertiary alicyclic amines) is 1. The van der Waals surface area contributed by atoms with Gasteiger partial charge in [-0.05, 0) is 33.6 Å². The molecule has 92 valence electrons. The van der Waals surface area contributed by atoms with E-state index < -0.39 is 0 Å². The molecule has 0 aliphatic carbocycles. The van der Waals surface area contributed by atoms with Crippen LogP contribution in [0.1, 0.15) is 46.5 Å². The topological polar surface area (TPSA) is 49.4 Å². The molecule has 1 aliphatic rings. The highest BCUT2D eigenvalue weighted by Crippen LogP contribution is 2.10. The molecule has 0 aromatic rings. The highest BCUT2D eigenvalue weighted by molar-refractivity contribution is 5.85. The van der Waals surface area contributed by atoms with Gasteiger partial charge in [-0.25, -0.2) is 0 Å². The van der Waals surface area contributed by atoms with Crippen LogP contribution in [0.15, 0.2) is 0 Å². The molecule has 4 heteroatoms. The van der Waals surface area contributed by atoms with Crippen molar-refractivity contribution in [2.24, 2.45) is 0 Å². The minimum absolute atomic E-state index is 0.0669. The van der Waals surface area contributed by atoms with Crippen LogP contribution in [0.2, 0.25) is 0 Å². The fourth-order valence-electron chi connectivity index (χ4n) is 1.84. The molecular weight excluding hydrogens is 204 g/mol. The van der Waals surface area contributed by atoms with Gasteiger partial charge in [0.2, 0.25) is 11.8 Å². The Morgan fingerprint density at radius 2 is 2.00 bits per heavy atom. The van der Waals surface area contributed by atoms with E-state index in [2.05, 4.69) is 5.32 Å². The summed E-state index contributed by atoms with van der Waals surface area (Å²) in [6.07, 6.45) is 3.64. The van der Waals surface area contributed by atoms with E-state index in [1.165, 1.54) is 0 Å². The van der Waals surface area contributed by atoms with E-state index in [4.69, 9.17) is 0 Å². The highest BCUT2D eigenvalue weighted by atomic mass is 16.2. The van der Waals surface area contributed by atoms with E-state index >= 15 is 0 Å². The van der Waals surface area contributed by atoms with Gasteiger partial charge in [-0.15, -0.1) is 0 Å². The van der Waals surface area contributed by atoms with E-state index in [0.29, 0.717) is 6.42 Å². The predicted octanol–water partition coefficient (Wildman–Crippen LogP) is 1.30. The van der Waals surface area contributed by atoms with Crippen molar-refractivity contribution in [3.05, 3.63) is 0 Å². The van der Waals surface area contributed by atoms with Gasteiger partial charge < -0.3 is 10.2 Å². The second-order valence-electron chi connectivity index (χ2n) is 5.42. The molecule has 1 aliphatic heterocycles. The van der Waals surface area contributed by atoms with Crippen molar-refractivity contribution in [1.82, 2.24) is 10.2 Å². The van der Waals surface area contributed by atoms with E-state index in [0.717, 1.165) is 25.8 Å². The summed E-state index contributed by atoms with van der Waals surface area (Å²) in [6.45, 7) is 6.74. The van der Waals surface area contributed by atoms with Gasteiger partial charge in [-0.1, -0.05) is 6.42 Å². The first-order valence-corrected chi connectivity index (χ1v) is 5.97. The quantitative estimate of drug-likeness (QED) is 0.771. The zero-order valence-corrected chi connectivity index (χ0v) is 10.5. The van der Waals surface area contributed by atoms with Gasteiger partial charge in [0.1, 0.15) is 0 Å². The van der Waals surface area contributed by atoms with Crippen molar-refractivity contribution in [1.29, 1.82) is 0 Å². The van der Waals surface area contributed by atoms with Gasteiger partial charge in [-0.2, -0.15) is 0 Å². The van der Waals surface area contributed by atoms with Crippen LogP contribution >= 0.6 is 0 Å². The van der Waals surface area contributed by atoms with Gasteiger partial charge in [0.25, 0.3) is 0 Å². The lowest BCUT2D eigenvalue weighted by Crippen LogP contribution is -2.47. The monoisotopic (exact) mass is 226 g/mol. The molecule has 1 heterocycles. The molecule has 0 aromatic heterocycles. The van der Waals surface area contributed by atoms with Crippen LogP contribution in [-0.4, -0.2) is 35.3 Å². The average Bonchev–Trinajstić information content (AvgIpc) is 2.29. The summed E-state index contributed by atoms with van der Waals surface area (Å²) < 4.78 is 0. The molecule has 0 aromatic carbocycles. The second kappa shape index (κ2) is 5.32. The lowest BCUT2D eigenvalue weighted by molar-refractivity contribution is -0.136. The van der Waals surface area contributed by atoms with Crippen LogP contribution in [0, 0.1) is 0 Å². The maximum Gasteiger partial charge on any atom is 0.240 e. The third-order valence-corrected chi connectivity index (χ3v) is 2.52. The van der Waals surface area contributed by atoms with Crippen molar-refractivity contribution in [3.8, 4) is 0 Å². The zero-order chi connectivity index (χ0) is 12.2. The SMILES string of the molecule is CC(C)(C)NC(=O)CN1CCCCCC1=O. The summed E-state index contributed by atoms with van der Waals surface area (Å²) in [7, 11) is 0. The van der Waals surface area contributed by atoms with E-state index in [-0.39, 0.29) is 23.9 Å². The molecule has 0 saturated carbocycles. The second-order valence-corrected chi connectivity index (χ2v) is 5.42. The maximum absolute atomic E-state index is 11.7. The largest absolute Gasteiger partial charge is 0.350 e. The van der Waals surface area contributed by atoms with Crippen molar-refractivity contribution in [2.75, 3.05) is 13.1 Å². The van der Waals surface area contributed by atoms with E-state index in [1.54, 1.807) is 4.90 Å². The van der Waals surface area contributed by atoms with Gasteiger partial charge in [0, 0.05) is 18.5 Å². The molecule has 16 heavy (non-hydrogen) atoms. The fraction of sp³-hybridized carbons (Fsp3) is 0.833. The lowest BCUT2D eigenvalue weighted by Gasteiger charge is -2.24. The zero-order valence-electron chi connectivity index (χ0n) is 10.5. The number of carbonyl (C=O) groups excluding carboxylic acids is 2. The molecule has 0 atom stereocenters. The Balaban J connectivity index is 2.45. The summed E-state index contributed by atoms with van der Waals surface area (Å²) in [5, 5.41) is 2.87. The maximum atomic E-state index is 11.7. The molecule has 1 rings (SSSR count). The van der Waals surface area contributed by atoms with Crippen molar-refractivity contribution in [3.63, 3.8) is 0 Å². The van der Waals surface area contributed by atoms with Gasteiger partial charge in [-0.3, -0.25) is 9.59 Å². The summed E-state index contributed by atoms with van der Waals surface area (Å²) in [4.78, 5) is 25.0. The minimum atomic E-state index is -0.230. The lowest BCUT2D eigenvalue weighted by atomic mass is 10.1. The normalized spacial score (nSPS) is 18.2. The van der Waals surface area contributed by atoms with Crippen LogP contribution in [0.3, 0.4) is 0 Å². The standard InChI is InChI=1S/C12H22N2O2/c1-12(2,3)13-10(15)9-14-8-6-4-5-7-11(14)16/h4-9H2,1-3H3,(H,13,15). The summed E-state index contributed by atoms with van der Waals surface area (Å²) in [5.41, 5.74) is -0.230. The average molecular weight is 226 g/mol. The van der Waals surface area contributed by atoms with Crippen molar-refractivity contribution >= 4 is 11.8 Å². The first-order valence-electron chi connectivity index (χ1n) is 5.97. The van der Waals surface area contributed by atoms with E-state index in [9.17, 15) is 9.59 Å². The Labute approximate surface area is 97.4 Å². The Morgan fingerprint density at radius 1 is 1.31 bits per heavy atom. The van der Waals surface area contributed by atoms with Gasteiger partial charge in [0.15, 0.2) is 0 Å². The number of hydrogen-bond donors (Lipinski definition) is 1.